The molecule has 2 rings (SSSR count). The highest BCUT2D eigenvalue weighted by atomic mass is 35.5. The van der Waals surface area contributed by atoms with Gasteiger partial charge in [0.25, 0.3) is 0 Å². The number of halogens is 2. The first kappa shape index (κ1) is 11.0. The summed E-state index contributed by atoms with van der Waals surface area (Å²) in [5, 5.41) is 0.691. The van der Waals surface area contributed by atoms with Crippen LogP contribution in [0.2, 0.25) is 5.02 Å². The topological polar surface area (TPSA) is 17.1 Å². The number of rotatable bonds is 2. The molecule has 1 aliphatic rings. The molecule has 0 saturated heterocycles. The van der Waals surface area contributed by atoms with Gasteiger partial charge in [0.05, 0.1) is 0 Å². The molecule has 1 nitrogen and oxygen atoms in total. The number of alkyl halides is 1. The monoisotopic (exact) mass is 242 g/mol. The molecule has 3 heteroatoms. The molecule has 0 aliphatic heterocycles. The van der Waals surface area contributed by atoms with Crippen LogP contribution in [0.1, 0.15) is 29.3 Å². The lowest BCUT2D eigenvalue weighted by Crippen LogP contribution is -2.24. The van der Waals surface area contributed by atoms with Gasteiger partial charge in [-0.2, -0.15) is 0 Å². The second kappa shape index (κ2) is 3.80. The summed E-state index contributed by atoms with van der Waals surface area (Å²) in [7, 11) is 0. The first-order chi connectivity index (χ1) is 7.07. The minimum Gasteiger partial charge on any atom is -0.294 e. The Bertz CT molecular complexity index is 414. The molecule has 0 saturated carbocycles. The van der Waals surface area contributed by atoms with Crippen molar-refractivity contribution < 1.29 is 4.79 Å². The Morgan fingerprint density at radius 1 is 1.47 bits per heavy atom. The van der Waals surface area contributed by atoms with Crippen LogP contribution in [0.15, 0.2) is 18.2 Å². The quantitative estimate of drug-likeness (QED) is 0.723. The normalized spacial score (nSPS) is 24.3. The van der Waals surface area contributed by atoms with Gasteiger partial charge in [-0.15, -0.1) is 11.6 Å². The van der Waals surface area contributed by atoms with Crippen LogP contribution in [0.4, 0.5) is 0 Å². The van der Waals surface area contributed by atoms with Crippen LogP contribution in [0.5, 0.6) is 0 Å². The van der Waals surface area contributed by atoms with E-state index >= 15 is 0 Å². The van der Waals surface area contributed by atoms with Crippen LogP contribution < -0.4 is 0 Å². The van der Waals surface area contributed by atoms with E-state index in [1.54, 1.807) is 6.07 Å². The second-order valence-electron chi connectivity index (χ2n) is 4.31. The molecule has 0 aromatic heterocycles. The summed E-state index contributed by atoms with van der Waals surface area (Å²) in [6.07, 6.45) is 1.48. The largest absolute Gasteiger partial charge is 0.294 e. The number of hydrogen-bond acceptors (Lipinski definition) is 1. The Morgan fingerprint density at radius 3 is 2.87 bits per heavy atom. The summed E-state index contributed by atoms with van der Waals surface area (Å²) in [4.78, 5) is 12.1. The van der Waals surface area contributed by atoms with E-state index in [0.717, 1.165) is 24.0 Å². The zero-order valence-electron chi connectivity index (χ0n) is 8.52. The number of carbonyl (C=O) groups is 1. The molecular formula is C12H12Cl2O. The third-order valence-corrected chi connectivity index (χ3v) is 3.51. The van der Waals surface area contributed by atoms with Gasteiger partial charge in [0, 0.05) is 21.9 Å². The highest BCUT2D eigenvalue weighted by Gasteiger charge is 2.40. The number of Topliss-reactive ketones (excluding diaryl/α,β-unsaturated/α-hetero) is 1. The van der Waals surface area contributed by atoms with Crippen molar-refractivity contribution in [1.82, 2.24) is 0 Å². The molecule has 80 valence electrons. The summed E-state index contributed by atoms with van der Waals surface area (Å²) in [5.74, 6) is 0.721. The van der Waals surface area contributed by atoms with Crippen LogP contribution in [-0.4, -0.2) is 11.7 Å². The fraction of sp³-hybridized carbons (Fsp3) is 0.417. The summed E-state index contributed by atoms with van der Waals surface area (Å²) >= 11 is 11.6. The van der Waals surface area contributed by atoms with Crippen LogP contribution in [0.25, 0.3) is 0 Å². The lowest BCUT2D eigenvalue weighted by molar-refractivity contribution is 0.0838. The van der Waals surface area contributed by atoms with Crippen LogP contribution >= 0.6 is 23.2 Å². The van der Waals surface area contributed by atoms with Crippen LogP contribution in [0.3, 0.4) is 0 Å². The molecule has 1 aromatic carbocycles. The lowest BCUT2D eigenvalue weighted by Gasteiger charge is -2.19. The zero-order chi connectivity index (χ0) is 11.1. The number of carbonyl (C=O) groups excluding carboxylic acids is 1. The minimum atomic E-state index is -0.325. The van der Waals surface area contributed by atoms with Gasteiger partial charge in [0.1, 0.15) is 0 Å². The maximum atomic E-state index is 12.1. The van der Waals surface area contributed by atoms with Crippen molar-refractivity contribution in [3.05, 3.63) is 34.3 Å². The smallest absolute Gasteiger partial charge is 0.169 e. The molecule has 0 spiro atoms. The Labute approximate surface area is 99.4 Å². The van der Waals surface area contributed by atoms with E-state index in [1.807, 2.05) is 19.1 Å². The molecule has 0 bridgehead atoms. The third-order valence-electron chi connectivity index (χ3n) is 3.09. The van der Waals surface area contributed by atoms with E-state index < -0.39 is 0 Å². The standard InChI is InChI=1S/C12H12Cl2O/c1-12(4-5-13)7-8-6-9(14)2-3-10(8)11(12)15/h2-3,6H,4-5,7H2,1H3. The maximum Gasteiger partial charge on any atom is 0.169 e. The van der Waals surface area contributed by atoms with Crippen molar-refractivity contribution in [2.45, 2.75) is 19.8 Å². The second-order valence-corrected chi connectivity index (χ2v) is 5.12. The number of fused-ring (bicyclic) bond motifs is 1. The van der Waals surface area contributed by atoms with Crippen molar-refractivity contribution in [1.29, 1.82) is 0 Å². The molecule has 0 N–H and O–H groups in total. The highest BCUT2D eigenvalue weighted by Crippen LogP contribution is 2.40. The minimum absolute atomic E-state index is 0.204. The SMILES string of the molecule is CC1(CCCl)Cc2cc(Cl)ccc2C1=O. The molecule has 1 aromatic rings. The fourth-order valence-electron chi connectivity index (χ4n) is 2.17. The van der Waals surface area contributed by atoms with Gasteiger partial charge in [0.2, 0.25) is 0 Å². The van der Waals surface area contributed by atoms with Gasteiger partial charge in [-0.05, 0) is 36.6 Å². The molecule has 0 radical (unpaired) electrons. The summed E-state index contributed by atoms with van der Waals surface area (Å²) in [6, 6.07) is 5.47. The van der Waals surface area contributed by atoms with E-state index in [0.29, 0.717) is 10.9 Å². The van der Waals surface area contributed by atoms with E-state index in [-0.39, 0.29) is 11.2 Å². The first-order valence-corrected chi connectivity index (χ1v) is 5.87. The third kappa shape index (κ3) is 1.79. The average Bonchev–Trinajstić information content (AvgIpc) is 2.39. The van der Waals surface area contributed by atoms with Gasteiger partial charge in [-0.25, -0.2) is 0 Å². The van der Waals surface area contributed by atoms with Crippen molar-refractivity contribution in [3.63, 3.8) is 0 Å². The number of ketones is 1. The van der Waals surface area contributed by atoms with E-state index in [4.69, 9.17) is 23.2 Å². The number of hydrogen-bond donors (Lipinski definition) is 0. The predicted octanol–water partition coefficient (Wildman–Crippen LogP) is 3.71. The predicted molar refractivity (Wildman–Crippen MR) is 62.9 cm³/mol. The zero-order valence-corrected chi connectivity index (χ0v) is 10.0. The Hall–Kier alpha value is -0.530. The lowest BCUT2D eigenvalue weighted by atomic mass is 9.83. The van der Waals surface area contributed by atoms with Crippen molar-refractivity contribution in [2.24, 2.45) is 5.41 Å². The van der Waals surface area contributed by atoms with Crippen molar-refractivity contribution in [3.8, 4) is 0 Å². The molecule has 1 atom stereocenters. The molecule has 1 aliphatic carbocycles. The Balaban J connectivity index is 2.41. The Morgan fingerprint density at radius 2 is 2.20 bits per heavy atom. The van der Waals surface area contributed by atoms with Gasteiger partial charge in [-0.3, -0.25) is 4.79 Å². The van der Waals surface area contributed by atoms with Gasteiger partial charge in [-0.1, -0.05) is 18.5 Å². The van der Waals surface area contributed by atoms with E-state index in [1.165, 1.54) is 0 Å². The molecule has 1 unspecified atom stereocenters. The van der Waals surface area contributed by atoms with Crippen molar-refractivity contribution >= 4 is 29.0 Å². The Kier molecular flexibility index (Phi) is 2.78. The molecule has 0 heterocycles. The average molecular weight is 243 g/mol. The van der Waals surface area contributed by atoms with Crippen LogP contribution in [0, 0.1) is 5.41 Å². The highest BCUT2D eigenvalue weighted by molar-refractivity contribution is 6.30. The van der Waals surface area contributed by atoms with Crippen molar-refractivity contribution in [2.75, 3.05) is 5.88 Å². The molecule has 15 heavy (non-hydrogen) atoms. The first-order valence-electron chi connectivity index (χ1n) is 4.96. The van der Waals surface area contributed by atoms with Gasteiger partial charge in [0.15, 0.2) is 5.78 Å². The molecule has 0 amide bonds. The van der Waals surface area contributed by atoms with Crippen LogP contribution in [-0.2, 0) is 6.42 Å². The van der Waals surface area contributed by atoms with E-state index in [9.17, 15) is 4.79 Å². The summed E-state index contributed by atoms with van der Waals surface area (Å²) in [6.45, 7) is 1.98. The maximum absolute atomic E-state index is 12.1. The molecular weight excluding hydrogens is 231 g/mol. The molecule has 0 fully saturated rings. The fourth-order valence-corrected chi connectivity index (χ4v) is 2.78. The number of benzene rings is 1. The summed E-state index contributed by atoms with van der Waals surface area (Å²) < 4.78 is 0. The van der Waals surface area contributed by atoms with Gasteiger partial charge < -0.3 is 0 Å². The van der Waals surface area contributed by atoms with E-state index in [2.05, 4.69) is 0 Å². The van der Waals surface area contributed by atoms with Gasteiger partial charge >= 0.3 is 0 Å². The summed E-state index contributed by atoms with van der Waals surface area (Å²) in [5.41, 5.74) is 1.54.